The first-order valence-corrected chi connectivity index (χ1v) is 8.60. The number of piperazine rings is 1. The Morgan fingerprint density at radius 1 is 1.00 bits per heavy atom. The first-order valence-electron chi connectivity index (χ1n) is 8.60. The van der Waals surface area contributed by atoms with Crippen LogP contribution in [0.4, 0.5) is 13.2 Å². The normalized spacial score (nSPS) is 16.9. The number of carbonyl (C=O) groups is 3. The van der Waals surface area contributed by atoms with Gasteiger partial charge in [0.05, 0.1) is 5.56 Å². The second-order valence-corrected chi connectivity index (χ2v) is 6.81. The zero-order valence-corrected chi connectivity index (χ0v) is 16.0. The van der Waals surface area contributed by atoms with E-state index in [1.807, 2.05) is 11.9 Å². The van der Waals surface area contributed by atoms with Crippen LogP contribution in [0.5, 0.6) is 0 Å². The summed E-state index contributed by atoms with van der Waals surface area (Å²) in [5.74, 6) is -4.94. The number of nitrogens with zero attached hydrogens (tertiary/aromatic N) is 2. The number of benzene rings is 1. The summed E-state index contributed by atoms with van der Waals surface area (Å²) in [4.78, 5) is 41.7. The molecule has 0 saturated carbocycles. The van der Waals surface area contributed by atoms with Gasteiger partial charge in [0.25, 0.3) is 5.91 Å². The van der Waals surface area contributed by atoms with Gasteiger partial charge in [-0.3, -0.25) is 14.4 Å². The van der Waals surface area contributed by atoms with Gasteiger partial charge in [-0.1, -0.05) is 24.3 Å². The fourth-order valence-electron chi connectivity index (χ4n) is 3.52. The van der Waals surface area contributed by atoms with Crippen LogP contribution in [0.1, 0.15) is 48.2 Å². The van der Waals surface area contributed by atoms with E-state index in [-0.39, 0.29) is 36.6 Å². The maximum Gasteiger partial charge on any atom is 0.450 e. The van der Waals surface area contributed by atoms with Crippen molar-refractivity contribution in [1.29, 1.82) is 0 Å². The minimum atomic E-state index is -5.03. The van der Waals surface area contributed by atoms with Crippen LogP contribution in [0, 0.1) is 0 Å². The van der Waals surface area contributed by atoms with Crippen molar-refractivity contribution in [3.05, 3.63) is 58.0 Å². The lowest BCUT2D eigenvalue weighted by atomic mass is 9.86. The van der Waals surface area contributed by atoms with Gasteiger partial charge in [-0.15, -0.1) is 12.4 Å². The van der Waals surface area contributed by atoms with Crippen molar-refractivity contribution in [2.75, 3.05) is 33.2 Å². The Balaban J connectivity index is 0.00000240. The number of ketones is 2. The molecule has 0 N–H and O–H groups in total. The SMILES string of the molecule is CN1CCN(C(=O)c2c(C(F)(F)F)oc3c2C(=O)c2ccccc2C3=O)CC1.Cl. The van der Waals surface area contributed by atoms with Crippen molar-refractivity contribution in [2.45, 2.75) is 6.18 Å². The maximum absolute atomic E-state index is 13.6. The van der Waals surface area contributed by atoms with Crippen molar-refractivity contribution in [3.8, 4) is 0 Å². The smallest absolute Gasteiger partial charge is 0.446 e. The summed E-state index contributed by atoms with van der Waals surface area (Å²) in [7, 11) is 1.84. The Bertz CT molecular complexity index is 1010. The molecule has 2 aromatic rings. The third kappa shape index (κ3) is 3.34. The first kappa shape index (κ1) is 21.1. The summed E-state index contributed by atoms with van der Waals surface area (Å²) in [6.45, 7) is 1.41. The monoisotopic (exact) mass is 428 g/mol. The van der Waals surface area contributed by atoms with E-state index in [0.29, 0.717) is 13.1 Å². The van der Waals surface area contributed by atoms with Gasteiger partial charge in [0, 0.05) is 37.3 Å². The number of halogens is 4. The lowest BCUT2D eigenvalue weighted by molar-refractivity contribution is -0.153. The van der Waals surface area contributed by atoms with E-state index in [1.165, 1.54) is 29.2 Å². The minimum Gasteiger partial charge on any atom is -0.446 e. The molecule has 1 aliphatic carbocycles. The summed E-state index contributed by atoms with van der Waals surface area (Å²) in [6, 6.07) is 5.69. The topological polar surface area (TPSA) is 70.8 Å². The van der Waals surface area contributed by atoms with Crippen LogP contribution >= 0.6 is 12.4 Å². The number of alkyl halides is 3. The van der Waals surface area contributed by atoms with Gasteiger partial charge in [0.2, 0.25) is 11.5 Å². The number of carbonyl (C=O) groups excluding carboxylic acids is 3. The van der Waals surface area contributed by atoms with E-state index >= 15 is 0 Å². The molecule has 4 rings (SSSR count). The average molecular weight is 429 g/mol. The summed E-state index contributed by atoms with van der Waals surface area (Å²) in [6.07, 6.45) is -5.03. The highest BCUT2D eigenvalue weighted by Crippen LogP contribution is 2.41. The van der Waals surface area contributed by atoms with Crippen molar-refractivity contribution >= 4 is 29.9 Å². The molecule has 0 bridgehead atoms. The second-order valence-electron chi connectivity index (χ2n) is 6.81. The molecular weight excluding hydrogens is 413 g/mol. The summed E-state index contributed by atoms with van der Waals surface area (Å²) < 4.78 is 45.7. The highest BCUT2D eigenvalue weighted by atomic mass is 35.5. The largest absolute Gasteiger partial charge is 0.450 e. The van der Waals surface area contributed by atoms with E-state index in [1.54, 1.807) is 0 Å². The Labute approximate surface area is 169 Å². The number of hydrogen-bond acceptors (Lipinski definition) is 5. The maximum atomic E-state index is 13.6. The van der Waals surface area contributed by atoms with E-state index in [4.69, 9.17) is 4.42 Å². The van der Waals surface area contributed by atoms with Crippen LogP contribution in [0.25, 0.3) is 0 Å². The van der Waals surface area contributed by atoms with E-state index in [0.717, 1.165) is 0 Å². The zero-order valence-electron chi connectivity index (χ0n) is 15.2. The van der Waals surface area contributed by atoms with E-state index < -0.39 is 46.3 Å². The summed E-state index contributed by atoms with van der Waals surface area (Å²) >= 11 is 0. The molecule has 2 heterocycles. The van der Waals surface area contributed by atoms with Gasteiger partial charge in [-0.25, -0.2) is 0 Å². The van der Waals surface area contributed by atoms with Crippen LogP contribution in [0.15, 0.2) is 28.7 Å². The van der Waals surface area contributed by atoms with Gasteiger partial charge >= 0.3 is 6.18 Å². The number of fused-ring (bicyclic) bond motifs is 2. The average Bonchev–Trinajstić information content (AvgIpc) is 3.08. The minimum absolute atomic E-state index is 0. The number of amides is 1. The molecule has 1 amide bonds. The van der Waals surface area contributed by atoms with Crippen molar-refractivity contribution < 1.29 is 32.0 Å². The molecule has 1 aromatic heterocycles. The predicted octanol–water partition coefficient (Wildman–Crippen LogP) is 2.88. The Hall–Kier alpha value is -2.65. The zero-order chi connectivity index (χ0) is 20.2. The van der Waals surface area contributed by atoms with Crippen LogP contribution in [0.3, 0.4) is 0 Å². The standard InChI is InChI=1S/C19H15F3N2O4.ClH/c1-23-6-8-24(9-7-23)18(27)13-12-14(25)10-4-2-3-5-11(10)15(26)16(12)28-17(13)19(20,21)22;/h2-5H,6-9H2,1H3;1H. The molecule has 1 aliphatic heterocycles. The van der Waals surface area contributed by atoms with Gasteiger partial charge < -0.3 is 14.2 Å². The number of hydrogen-bond donors (Lipinski definition) is 0. The highest BCUT2D eigenvalue weighted by molar-refractivity contribution is 6.30. The Morgan fingerprint density at radius 2 is 1.55 bits per heavy atom. The number of furan rings is 1. The predicted molar refractivity (Wildman–Crippen MR) is 97.7 cm³/mol. The van der Waals surface area contributed by atoms with Crippen LogP contribution in [-0.2, 0) is 6.18 Å². The van der Waals surface area contributed by atoms with E-state index in [9.17, 15) is 27.6 Å². The highest BCUT2D eigenvalue weighted by Gasteiger charge is 2.48. The van der Waals surface area contributed by atoms with Crippen molar-refractivity contribution in [1.82, 2.24) is 9.80 Å². The van der Waals surface area contributed by atoms with Crippen LogP contribution < -0.4 is 0 Å². The lowest BCUT2D eigenvalue weighted by Crippen LogP contribution is -2.47. The fraction of sp³-hybridized carbons (Fsp3) is 0.316. The molecule has 10 heteroatoms. The Morgan fingerprint density at radius 3 is 2.10 bits per heavy atom. The van der Waals surface area contributed by atoms with Crippen LogP contribution in [-0.4, -0.2) is 60.5 Å². The van der Waals surface area contributed by atoms with Gasteiger partial charge in [-0.05, 0) is 7.05 Å². The molecule has 0 radical (unpaired) electrons. The molecular formula is C19H16ClF3N2O4. The lowest BCUT2D eigenvalue weighted by Gasteiger charge is -2.32. The van der Waals surface area contributed by atoms with Gasteiger partial charge in [0.1, 0.15) is 5.56 Å². The molecule has 0 unspecified atom stereocenters. The third-order valence-electron chi connectivity index (χ3n) is 5.02. The molecule has 6 nitrogen and oxygen atoms in total. The number of likely N-dealkylation sites (N-methyl/N-ethyl adjacent to an activating group) is 1. The molecule has 0 atom stereocenters. The molecule has 154 valence electrons. The van der Waals surface area contributed by atoms with Crippen molar-refractivity contribution in [3.63, 3.8) is 0 Å². The first-order chi connectivity index (χ1) is 13.2. The molecule has 1 fully saturated rings. The number of rotatable bonds is 1. The Kier molecular flexibility index (Phi) is 5.31. The fourth-order valence-corrected chi connectivity index (χ4v) is 3.52. The summed E-state index contributed by atoms with van der Waals surface area (Å²) in [5, 5.41) is 0. The molecule has 0 spiro atoms. The quantitative estimate of drug-likeness (QED) is 0.596. The summed E-state index contributed by atoms with van der Waals surface area (Å²) in [5.41, 5.74) is -1.55. The van der Waals surface area contributed by atoms with Crippen LogP contribution in [0.2, 0.25) is 0 Å². The molecule has 2 aliphatic rings. The third-order valence-corrected chi connectivity index (χ3v) is 5.02. The molecule has 29 heavy (non-hydrogen) atoms. The second kappa shape index (κ2) is 7.31. The molecule has 1 saturated heterocycles. The van der Waals surface area contributed by atoms with E-state index in [2.05, 4.69) is 0 Å². The molecule has 1 aromatic carbocycles. The van der Waals surface area contributed by atoms with Crippen molar-refractivity contribution in [2.24, 2.45) is 0 Å². The van der Waals surface area contributed by atoms with Gasteiger partial charge in [-0.2, -0.15) is 13.2 Å². The van der Waals surface area contributed by atoms with Gasteiger partial charge in [0.15, 0.2) is 11.5 Å².